The second-order valence-corrected chi connectivity index (χ2v) is 7.74. The van der Waals surface area contributed by atoms with Crippen LogP contribution in [0.2, 0.25) is 0 Å². The average molecular weight is 390 g/mol. The fourth-order valence-electron chi connectivity index (χ4n) is 2.34. The Balaban J connectivity index is 1.92. The van der Waals surface area contributed by atoms with Gasteiger partial charge in [0.2, 0.25) is 0 Å². The van der Waals surface area contributed by atoms with Gasteiger partial charge in [-0.15, -0.1) is 0 Å². The van der Waals surface area contributed by atoms with Crippen LogP contribution in [0.1, 0.15) is 44.9 Å². The lowest BCUT2D eigenvalue weighted by molar-refractivity contribution is -0.123. The zero-order valence-corrected chi connectivity index (χ0v) is 16.2. The molecule has 0 spiro atoms. The summed E-state index contributed by atoms with van der Waals surface area (Å²) in [7, 11) is 0. The minimum Gasteiger partial charge on any atom is -0.483 e. The monoisotopic (exact) mass is 389 g/mol. The number of hydrogen-bond donors (Lipinski definition) is 1. The highest BCUT2D eigenvalue weighted by molar-refractivity contribution is 9.10. The Morgan fingerprint density at radius 1 is 1.17 bits per heavy atom. The SMILES string of the molecule is C[C@@H](NC(=O)COc1ccc(C(C)(C)C)cc1Br)c1ccccc1. The number of hydrogen-bond acceptors (Lipinski definition) is 2. The van der Waals surface area contributed by atoms with E-state index in [9.17, 15) is 4.79 Å². The van der Waals surface area contributed by atoms with Crippen LogP contribution in [0.5, 0.6) is 5.75 Å². The summed E-state index contributed by atoms with van der Waals surface area (Å²) >= 11 is 3.52. The molecular weight excluding hydrogens is 366 g/mol. The lowest BCUT2D eigenvalue weighted by atomic mass is 9.87. The van der Waals surface area contributed by atoms with Crippen LogP contribution in [0.25, 0.3) is 0 Å². The molecule has 0 aliphatic rings. The van der Waals surface area contributed by atoms with Gasteiger partial charge in [0.1, 0.15) is 5.75 Å². The lowest BCUT2D eigenvalue weighted by Crippen LogP contribution is -2.31. The van der Waals surface area contributed by atoms with Crippen molar-refractivity contribution in [1.29, 1.82) is 0 Å². The Hall–Kier alpha value is -1.81. The molecule has 4 heteroatoms. The van der Waals surface area contributed by atoms with E-state index in [0.29, 0.717) is 5.75 Å². The molecule has 1 amide bonds. The standard InChI is InChI=1S/C20H24BrNO2/c1-14(15-8-6-5-7-9-15)22-19(23)13-24-18-11-10-16(12-17(18)21)20(2,3)4/h5-12,14H,13H2,1-4H3,(H,22,23)/t14-/m1/s1. The number of ether oxygens (including phenoxy) is 1. The van der Waals surface area contributed by atoms with E-state index in [-0.39, 0.29) is 24.0 Å². The average Bonchev–Trinajstić information content (AvgIpc) is 2.53. The number of benzene rings is 2. The molecule has 0 aromatic heterocycles. The van der Waals surface area contributed by atoms with E-state index in [2.05, 4.69) is 42.0 Å². The van der Waals surface area contributed by atoms with Crippen LogP contribution in [0.15, 0.2) is 53.0 Å². The molecular formula is C20H24BrNO2. The number of halogens is 1. The van der Waals surface area contributed by atoms with Crippen molar-refractivity contribution in [2.45, 2.75) is 39.2 Å². The van der Waals surface area contributed by atoms with E-state index < -0.39 is 0 Å². The van der Waals surface area contributed by atoms with Gasteiger partial charge < -0.3 is 10.1 Å². The van der Waals surface area contributed by atoms with Crippen LogP contribution in [-0.2, 0) is 10.2 Å². The molecule has 0 aliphatic heterocycles. The van der Waals surface area contributed by atoms with E-state index in [1.807, 2.05) is 55.5 Å². The molecule has 128 valence electrons. The summed E-state index contributed by atoms with van der Waals surface area (Å²) in [6.07, 6.45) is 0. The summed E-state index contributed by atoms with van der Waals surface area (Å²) in [6, 6.07) is 15.8. The van der Waals surface area contributed by atoms with Crippen LogP contribution < -0.4 is 10.1 Å². The van der Waals surface area contributed by atoms with Crippen LogP contribution in [-0.4, -0.2) is 12.5 Å². The molecule has 0 saturated carbocycles. The molecule has 0 radical (unpaired) electrons. The highest BCUT2D eigenvalue weighted by Gasteiger charge is 2.16. The number of nitrogens with one attached hydrogen (secondary N) is 1. The quantitative estimate of drug-likeness (QED) is 0.780. The third kappa shape index (κ3) is 5.10. The van der Waals surface area contributed by atoms with Gasteiger partial charge in [-0.05, 0) is 51.5 Å². The molecule has 0 unspecified atom stereocenters. The fourth-order valence-corrected chi connectivity index (χ4v) is 2.83. The molecule has 2 aromatic rings. The summed E-state index contributed by atoms with van der Waals surface area (Å²) < 4.78 is 6.50. The molecule has 2 rings (SSSR count). The van der Waals surface area contributed by atoms with E-state index in [0.717, 1.165) is 10.0 Å². The van der Waals surface area contributed by atoms with Crippen molar-refractivity contribution >= 4 is 21.8 Å². The Morgan fingerprint density at radius 3 is 2.42 bits per heavy atom. The van der Waals surface area contributed by atoms with Crippen molar-refractivity contribution in [2.24, 2.45) is 0 Å². The smallest absolute Gasteiger partial charge is 0.258 e. The van der Waals surface area contributed by atoms with Crippen molar-refractivity contribution in [3.05, 3.63) is 64.1 Å². The van der Waals surface area contributed by atoms with E-state index in [1.165, 1.54) is 5.56 Å². The molecule has 1 atom stereocenters. The Kier molecular flexibility index (Phi) is 6.05. The first-order chi connectivity index (χ1) is 11.3. The van der Waals surface area contributed by atoms with Gasteiger partial charge >= 0.3 is 0 Å². The minimum atomic E-state index is -0.141. The summed E-state index contributed by atoms with van der Waals surface area (Å²) in [5, 5.41) is 2.94. The van der Waals surface area contributed by atoms with Crippen LogP contribution in [0.3, 0.4) is 0 Å². The van der Waals surface area contributed by atoms with Crippen LogP contribution >= 0.6 is 15.9 Å². The molecule has 1 N–H and O–H groups in total. The van der Waals surface area contributed by atoms with Crippen molar-refractivity contribution in [1.82, 2.24) is 5.32 Å². The highest BCUT2D eigenvalue weighted by atomic mass is 79.9. The second-order valence-electron chi connectivity index (χ2n) is 6.88. The van der Waals surface area contributed by atoms with Crippen molar-refractivity contribution < 1.29 is 9.53 Å². The van der Waals surface area contributed by atoms with Crippen molar-refractivity contribution in [3.8, 4) is 5.75 Å². The van der Waals surface area contributed by atoms with Gasteiger partial charge in [0.25, 0.3) is 5.91 Å². The lowest BCUT2D eigenvalue weighted by Gasteiger charge is -2.20. The predicted molar refractivity (Wildman–Crippen MR) is 101 cm³/mol. The molecule has 0 heterocycles. The summed E-state index contributed by atoms with van der Waals surface area (Å²) in [5.41, 5.74) is 2.36. The summed E-state index contributed by atoms with van der Waals surface area (Å²) in [6.45, 7) is 8.43. The van der Waals surface area contributed by atoms with Crippen LogP contribution in [0.4, 0.5) is 0 Å². The van der Waals surface area contributed by atoms with Crippen molar-refractivity contribution in [2.75, 3.05) is 6.61 Å². The number of rotatable bonds is 5. The maximum absolute atomic E-state index is 12.1. The second kappa shape index (κ2) is 7.84. The maximum atomic E-state index is 12.1. The molecule has 0 saturated heterocycles. The topological polar surface area (TPSA) is 38.3 Å². The Labute approximate surface area is 152 Å². The largest absolute Gasteiger partial charge is 0.483 e. The number of carbonyl (C=O) groups excluding carboxylic acids is 1. The third-order valence-electron chi connectivity index (χ3n) is 3.83. The number of amides is 1. The van der Waals surface area contributed by atoms with Gasteiger partial charge in [0, 0.05) is 0 Å². The van der Waals surface area contributed by atoms with E-state index in [1.54, 1.807) is 0 Å². The van der Waals surface area contributed by atoms with Crippen LogP contribution in [0, 0.1) is 0 Å². The summed E-state index contributed by atoms with van der Waals surface area (Å²) in [4.78, 5) is 12.1. The van der Waals surface area contributed by atoms with Crippen molar-refractivity contribution in [3.63, 3.8) is 0 Å². The molecule has 2 aromatic carbocycles. The van der Waals surface area contributed by atoms with E-state index >= 15 is 0 Å². The highest BCUT2D eigenvalue weighted by Crippen LogP contribution is 2.31. The molecule has 3 nitrogen and oxygen atoms in total. The Bertz CT molecular complexity index is 693. The van der Waals surface area contributed by atoms with Gasteiger partial charge in [-0.2, -0.15) is 0 Å². The van der Waals surface area contributed by atoms with Gasteiger partial charge in [-0.1, -0.05) is 57.2 Å². The third-order valence-corrected chi connectivity index (χ3v) is 4.45. The fraction of sp³-hybridized carbons (Fsp3) is 0.350. The molecule has 24 heavy (non-hydrogen) atoms. The molecule has 0 fully saturated rings. The first-order valence-corrected chi connectivity index (χ1v) is 8.84. The van der Waals surface area contributed by atoms with Gasteiger partial charge in [-0.25, -0.2) is 0 Å². The first-order valence-electron chi connectivity index (χ1n) is 8.04. The van der Waals surface area contributed by atoms with Gasteiger partial charge in [0.15, 0.2) is 6.61 Å². The predicted octanol–water partition coefficient (Wildman–Crippen LogP) is 5.00. The number of carbonyl (C=O) groups is 1. The van der Waals surface area contributed by atoms with Gasteiger partial charge in [-0.3, -0.25) is 4.79 Å². The normalized spacial score (nSPS) is 12.5. The zero-order valence-electron chi connectivity index (χ0n) is 14.6. The zero-order chi connectivity index (χ0) is 17.7. The Morgan fingerprint density at radius 2 is 1.83 bits per heavy atom. The first kappa shape index (κ1) is 18.5. The van der Waals surface area contributed by atoms with Gasteiger partial charge in [0.05, 0.1) is 10.5 Å². The molecule has 0 bridgehead atoms. The maximum Gasteiger partial charge on any atom is 0.258 e. The summed E-state index contributed by atoms with van der Waals surface area (Å²) in [5.74, 6) is 0.531. The minimum absolute atomic E-state index is 0.00929. The molecule has 0 aliphatic carbocycles. The van der Waals surface area contributed by atoms with E-state index in [4.69, 9.17) is 4.74 Å².